The second-order valence-corrected chi connectivity index (χ2v) is 7.58. The lowest BCUT2D eigenvalue weighted by Crippen LogP contribution is -2.54. The average Bonchev–Trinajstić information content (AvgIpc) is 2.78. The van der Waals surface area contributed by atoms with Crippen molar-refractivity contribution < 1.29 is 33.7 Å². The highest BCUT2D eigenvalue weighted by atomic mass is 16.5. The Morgan fingerprint density at radius 3 is 2.66 bits per heavy atom. The van der Waals surface area contributed by atoms with Crippen molar-refractivity contribution in [3.8, 4) is 11.5 Å². The van der Waals surface area contributed by atoms with E-state index in [9.17, 15) is 14.4 Å². The molecule has 10 nitrogen and oxygen atoms in total. The standard InChI is InChI=1S/C22H33N3O7/c1-30-18-7-6-16(11-19(18)31-2)5-3-4-8-24-20(26)12-17-13-25(10-9-23-17)21(27)14-32-15-22(28)29/h6-7,11,17,23H,3-5,8-10,12-15H2,1-2H3,(H,24,26)(H,28,29). The minimum Gasteiger partial charge on any atom is -0.493 e. The van der Waals surface area contributed by atoms with Crippen LogP contribution in [-0.4, -0.2) is 87.4 Å². The summed E-state index contributed by atoms with van der Waals surface area (Å²) in [6, 6.07) is 5.72. The Balaban J connectivity index is 1.63. The number of carbonyl (C=O) groups excluding carboxylic acids is 2. The SMILES string of the molecule is COc1ccc(CCCCNC(=O)CC2CN(C(=O)COCC(=O)O)CCN2)cc1OC. The van der Waals surface area contributed by atoms with Gasteiger partial charge in [0.2, 0.25) is 11.8 Å². The molecule has 1 aliphatic heterocycles. The zero-order valence-electron chi connectivity index (χ0n) is 18.7. The quantitative estimate of drug-likeness (QED) is 0.369. The van der Waals surface area contributed by atoms with E-state index in [1.807, 2.05) is 18.2 Å². The number of nitrogens with zero attached hydrogens (tertiary/aromatic N) is 1. The molecule has 32 heavy (non-hydrogen) atoms. The van der Waals surface area contributed by atoms with Crippen molar-refractivity contribution in [3.63, 3.8) is 0 Å². The number of hydrogen-bond acceptors (Lipinski definition) is 7. The van der Waals surface area contributed by atoms with Gasteiger partial charge < -0.3 is 34.9 Å². The van der Waals surface area contributed by atoms with E-state index in [1.54, 1.807) is 19.1 Å². The molecule has 0 spiro atoms. The molecular weight excluding hydrogens is 418 g/mol. The second kappa shape index (κ2) is 13.5. The number of nitrogens with one attached hydrogen (secondary N) is 2. The fourth-order valence-electron chi connectivity index (χ4n) is 3.52. The Bertz CT molecular complexity index is 772. The van der Waals surface area contributed by atoms with Gasteiger partial charge in [0.15, 0.2) is 11.5 Å². The molecule has 0 aromatic heterocycles. The first-order valence-electron chi connectivity index (χ1n) is 10.7. The highest BCUT2D eigenvalue weighted by molar-refractivity contribution is 5.79. The Morgan fingerprint density at radius 1 is 1.16 bits per heavy atom. The van der Waals surface area contributed by atoms with Crippen LogP contribution in [0.4, 0.5) is 0 Å². The van der Waals surface area contributed by atoms with Crippen LogP contribution in [0.15, 0.2) is 18.2 Å². The molecule has 1 aromatic rings. The topological polar surface area (TPSA) is 126 Å². The monoisotopic (exact) mass is 451 g/mol. The third kappa shape index (κ3) is 8.72. The van der Waals surface area contributed by atoms with E-state index < -0.39 is 12.6 Å². The number of rotatable bonds is 13. The highest BCUT2D eigenvalue weighted by Crippen LogP contribution is 2.28. The maximum absolute atomic E-state index is 12.2. The van der Waals surface area contributed by atoms with Gasteiger partial charge in [-0.25, -0.2) is 4.79 Å². The first-order chi connectivity index (χ1) is 15.4. The van der Waals surface area contributed by atoms with E-state index in [0.29, 0.717) is 37.7 Å². The van der Waals surface area contributed by atoms with Crippen LogP contribution in [0.25, 0.3) is 0 Å². The summed E-state index contributed by atoms with van der Waals surface area (Å²) in [6.07, 6.45) is 2.93. The molecule has 3 N–H and O–H groups in total. The van der Waals surface area contributed by atoms with Crippen molar-refractivity contribution in [1.82, 2.24) is 15.5 Å². The second-order valence-electron chi connectivity index (χ2n) is 7.58. The lowest BCUT2D eigenvalue weighted by atomic mass is 10.1. The van der Waals surface area contributed by atoms with Gasteiger partial charge in [0.05, 0.1) is 14.2 Å². The smallest absolute Gasteiger partial charge is 0.329 e. The predicted octanol–water partition coefficient (Wildman–Crippen LogP) is 0.434. The number of ether oxygens (including phenoxy) is 3. The number of methoxy groups -OCH3 is 2. The summed E-state index contributed by atoms with van der Waals surface area (Å²) in [5, 5.41) is 14.7. The molecule has 1 saturated heterocycles. The normalized spacial score (nSPS) is 15.8. The van der Waals surface area contributed by atoms with Crippen molar-refractivity contribution in [2.75, 3.05) is 53.6 Å². The summed E-state index contributed by atoms with van der Waals surface area (Å²) in [4.78, 5) is 36.4. The lowest BCUT2D eigenvalue weighted by molar-refractivity contribution is -0.146. The minimum atomic E-state index is -1.11. The molecular formula is C22H33N3O7. The molecule has 178 valence electrons. The van der Waals surface area contributed by atoms with Crippen LogP contribution in [0.3, 0.4) is 0 Å². The molecule has 1 fully saturated rings. The first kappa shape index (κ1) is 25.4. The van der Waals surface area contributed by atoms with Gasteiger partial charge in [-0.15, -0.1) is 0 Å². The van der Waals surface area contributed by atoms with E-state index in [2.05, 4.69) is 10.6 Å². The number of piperazine rings is 1. The third-order valence-corrected chi connectivity index (χ3v) is 5.15. The molecule has 0 aliphatic carbocycles. The maximum Gasteiger partial charge on any atom is 0.329 e. The number of amides is 2. The van der Waals surface area contributed by atoms with Gasteiger partial charge in [-0.2, -0.15) is 0 Å². The van der Waals surface area contributed by atoms with E-state index >= 15 is 0 Å². The lowest BCUT2D eigenvalue weighted by Gasteiger charge is -2.33. The average molecular weight is 452 g/mol. The van der Waals surface area contributed by atoms with Crippen molar-refractivity contribution in [2.45, 2.75) is 31.7 Å². The first-order valence-corrected chi connectivity index (χ1v) is 10.7. The largest absolute Gasteiger partial charge is 0.493 e. The molecule has 2 rings (SSSR count). The Labute approximate surface area is 188 Å². The number of carbonyl (C=O) groups is 3. The van der Waals surface area contributed by atoms with Crippen molar-refractivity contribution >= 4 is 17.8 Å². The van der Waals surface area contributed by atoms with Crippen LogP contribution in [-0.2, 0) is 25.5 Å². The number of benzene rings is 1. The summed E-state index contributed by atoms with van der Waals surface area (Å²) in [5.41, 5.74) is 1.15. The van der Waals surface area contributed by atoms with Crippen LogP contribution in [0.1, 0.15) is 24.8 Å². The number of carboxylic acid groups (broad SMARTS) is 1. The molecule has 1 heterocycles. The van der Waals surface area contributed by atoms with Crippen LogP contribution < -0.4 is 20.1 Å². The summed E-state index contributed by atoms with van der Waals surface area (Å²) in [5.74, 6) is -0.0399. The number of aryl methyl sites for hydroxylation is 1. The molecule has 0 bridgehead atoms. The zero-order chi connectivity index (χ0) is 23.3. The van der Waals surface area contributed by atoms with Crippen molar-refractivity contribution in [3.05, 3.63) is 23.8 Å². The van der Waals surface area contributed by atoms with Crippen LogP contribution >= 0.6 is 0 Å². The number of aliphatic carboxylic acids is 1. The summed E-state index contributed by atoms with van der Waals surface area (Å²) in [6.45, 7) is 1.28. The van der Waals surface area contributed by atoms with Crippen molar-refractivity contribution in [2.24, 2.45) is 0 Å². The van der Waals surface area contributed by atoms with Gasteiger partial charge in [0.25, 0.3) is 0 Å². The van der Waals surface area contributed by atoms with E-state index in [-0.39, 0.29) is 30.9 Å². The molecule has 2 amide bonds. The Morgan fingerprint density at radius 2 is 1.94 bits per heavy atom. The van der Waals surface area contributed by atoms with Gasteiger partial charge in [0.1, 0.15) is 13.2 Å². The fraction of sp³-hybridized carbons (Fsp3) is 0.591. The van der Waals surface area contributed by atoms with Gasteiger partial charge in [-0.3, -0.25) is 9.59 Å². The van der Waals surface area contributed by atoms with Gasteiger partial charge in [-0.1, -0.05) is 6.07 Å². The molecule has 1 aromatic carbocycles. The fourth-order valence-corrected chi connectivity index (χ4v) is 3.52. The van der Waals surface area contributed by atoms with Gasteiger partial charge in [-0.05, 0) is 37.0 Å². The molecule has 1 aliphatic rings. The molecule has 0 saturated carbocycles. The summed E-state index contributed by atoms with van der Waals surface area (Å²) >= 11 is 0. The molecule has 1 atom stereocenters. The summed E-state index contributed by atoms with van der Waals surface area (Å²) < 4.78 is 15.4. The number of hydrogen-bond donors (Lipinski definition) is 3. The van der Waals surface area contributed by atoms with Crippen LogP contribution in [0.2, 0.25) is 0 Å². The van der Waals surface area contributed by atoms with Crippen LogP contribution in [0.5, 0.6) is 11.5 Å². The summed E-state index contributed by atoms with van der Waals surface area (Å²) in [7, 11) is 3.22. The number of unbranched alkanes of at least 4 members (excludes halogenated alkanes) is 1. The predicted molar refractivity (Wildman–Crippen MR) is 117 cm³/mol. The van der Waals surface area contributed by atoms with E-state index in [0.717, 1.165) is 24.8 Å². The Kier molecular flexibility index (Phi) is 10.8. The molecule has 0 radical (unpaired) electrons. The Hall–Kier alpha value is -2.85. The maximum atomic E-state index is 12.2. The minimum absolute atomic E-state index is 0.0648. The van der Waals surface area contributed by atoms with Crippen molar-refractivity contribution in [1.29, 1.82) is 0 Å². The van der Waals surface area contributed by atoms with Gasteiger partial charge in [0, 0.05) is 38.6 Å². The zero-order valence-corrected chi connectivity index (χ0v) is 18.7. The van der Waals surface area contributed by atoms with E-state index in [1.165, 1.54) is 0 Å². The highest BCUT2D eigenvalue weighted by Gasteiger charge is 2.25. The van der Waals surface area contributed by atoms with E-state index in [4.69, 9.17) is 19.3 Å². The third-order valence-electron chi connectivity index (χ3n) is 5.15. The molecule has 1 unspecified atom stereocenters. The number of carboxylic acids is 1. The molecule has 10 heteroatoms. The van der Waals surface area contributed by atoms with Crippen LogP contribution in [0, 0.1) is 0 Å². The van der Waals surface area contributed by atoms with Gasteiger partial charge >= 0.3 is 5.97 Å².